The molecule has 38 heavy (non-hydrogen) atoms. The lowest BCUT2D eigenvalue weighted by Crippen LogP contribution is -2.36. The van der Waals surface area contributed by atoms with Gasteiger partial charge >= 0.3 is 12.1 Å². The Hall–Kier alpha value is -3.26. The molecule has 1 saturated heterocycles. The highest BCUT2D eigenvalue weighted by Gasteiger charge is 2.44. The number of hydrogen-bond acceptors (Lipinski definition) is 3. The third kappa shape index (κ3) is 5.06. The first-order valence-corrected chi connectivity index (χ1v) is 13.1. The van der Waals surface area contributed by atoms with Crippen molar-refractivity contribution in [3.8, 4) is 11.1 Å². The normalized spacial score (nSPS) is 18.8. The van der Waals surface area contributed by atoms with E-state index in [0.717, 1.165) is 62.9 Å². The number of rotatable bonds is 6. The summed E-state index contributed by atoms with van der Waals surface area (Å²) in [6.07, 6.45) is 2.80. The Labute approximate surface area is 219 Å². The molecule has 1 N–H and O–H groups in total. The lowest BCUT2D eigenvalue weighted by Gasteiger charge is -2.36. The van der Waals surface area contributed by atoms with Gasteiger partial charge in [0.05, 0.1) is 22.7 Å². The minimum atomic E-state index is -4.47. The largest absolute Gasteiger partial charge is 0.481 e. The van der Waals surface area contributed by atoms with Crippen LogP contribution in [0, 0.1) is 5.82 Å². The van der Waals surface area contributed by atoms with Crippen LogP contribution < -0.4 is 0 Å². The molecule has 1 aromatic heterocycles. The fourth-order valence-corrected chi connectivity index (χ4v) is 5.99. The van der Waals surface area contributed by atoms with Crippen LogP contribution in [-0.2, 0) is 16.4 Å². The van der Waals surface area contributed by atoms with Crippen LogP contribution in [0.5, 0.6) is 0 Å². The number of benzene rings is 2. The van der Waals surface area contributed by atoms with E-state index in [-0.39, 0.29) is 11.9 Å². The number of halogens is 4. The Morgan fingerprint density at radius 3 is 2.13 bits per heavy atom. The Morgan fingerprint density at radius 2 is 1.55 bits per heavy atom. The molecule has 0 amide bonds. The van der Waals surface area contributed by atoms with E-state index in [1.807, 2.05) is 6.07 Å². The first-order valence-electron chi connectivity index (χ1n) is 13.1. The predicted molar refractivity (Wildman–Crippen MR) is 136 cm³/mol. The molecule has 200 valence electrons. The third-order valence-electron chi connectivity index (χ3n) is 8.06. The van der Waals surface area contributed by atoms with Gasteiger partial charge in [-0.05, 0) is 85.8 Å². The lowest BCUT2D eigenvalue weighted by atomic mass is 9.78. The predicted octanol–water partition coefficient (Wildman–Crippen LogP) is 7.38. The van der Waals surface area contributed by atoms with E-state index >= 15 is 0 Å². The van der Waals surface area contributed by atoms with Crippen LogP contribution in [0.4, 0.5) is 17.6 Å². The molecule has 8 heteroatoms. The smallest absolute Gasteiger partial charge is 0.416 e. The van der Waals surface area contributed by atoms with E-state index in [1.165, 1.54) is 24.3 Å². The van der Waals surface area contributed by atoms with Crippen LogP contribution in [0.25, 0.3) is 11.1 Å². The second-order valence-corrected chi connectivity index (χ2v) is 10.4. The van der Waals surface area contributed by atoms with Gasteiger partial charge in [0.2, 0.25) is 0 Å². The van der Waals surface area contributed by atoms with Gasteiger partial charge in [0.15, 0.2) is 0 Å². The first-order chi connectivity index (χ1) is 18.2. The van der Waals surface area contributed by atoms with Gasteiger partial charge in [-0.2, -0.15) is 13.2 Å². The van der Waals surface area contributed by atoms with Crippen molar-refractivity contribution in [3.63, 3.8) is 0 Å². The van der Waals surface area contributed by atoms with E-state index in [0.29, 0.717) is 35.2 Å². The molecule has 2 aromatic carbocycles. The van der Waals surface area contributed by atoms with Gasteiger partial charge in [0.1, 0.15) is 5.82 Å². The average Bonchev–Trinajstić information content (AvgIpc) is 3.42. The molecule has 2 fully saturated rings. The van der Waals surface area contributed by atoms with Crippen molar-refractivity contribution in [1.29, 1.82) is 0 Å². The highest BCUT2D eigenvalue weighted by molar-refractivity contribution is 5.83. The number of aliphatic carboxylic acids is 1. The van der Waals surface area contributed by atoms with E-state index < -0.39 is 23.1 Å². The maximum atomic E-state index is 13.8. The number of hydrogen-bond donors (Lipinski definition) is 1. The van der Waals surface area contributed by atoms with Gasteiger partial charge in [-0.1, -0.05) is 43.5 Å². The number of pyridine rings is 1. The Morgan fingerprint density at radius 1 is 0.921 bits per heavy atom. The third-order valence-corrected chi connectivity index (χ3v) is 8.06. The number of likely N-dealkylation sites (tertiary alicyclic amines) is 1. The van der Waals surface area contributed by atoms with Crippen LogP contribution in [-0.4, -0.2) is 34.0 Å². The molecule has 0 bridgehead atoms. The van der Waals surface area contributed by atoms with E-state index in [4.69, 9.17) is 4.98 Å². The number of piperidine rings is 1. The zero-order chi connectivity index (χ0) is 26.9. The molecular formula is C30H30F4N2O2. The van der Waals surface area contributed by atoms with Gasteiger partial charge in [-0.25, -0.2) is 4.39 Å². The van der Waals surface area contributed by atoms with Crippen LogP contribution >= 0.6 is 0 Å². The molecule has 2 aliphatic rings. The number of carboxylic acid groups (broad SMARTS) is 1. The summed E-state index contributed by atoms with van der Waals surface area (Å²) in [4.78, 5) is 19.6. The maximum Gasteiger partial charge on any atom is 0.416 e. The molecule has 5 rings (SSSR count). The van der Waals surface area contributed by atoms with Gasteiger partial charge in [0, 0.05) is 11.8 Å². The summed E-state index contributed by atoms with van der Waals surface area (Å²) in [5, 5.41) is 10.2. The van der Waals surface area contributed by atoms with E-state index in [1.54, 1.807) is 18.3 Å². The Balaban J connectivity index is 1.70. The lowest BCUT2D eigenvalue weighted by molar-refractivity contribution is -0.143. The number of carbonyl (C=O) groups is 1. The van der Waals surface area contributed by atoms with Gasteiger partial charge in [-0.3, -0.25) is 14.7 Å². The van der Waals surface area contributed by atoms with Gasteiger partial charge < -0.3 is 5.11 Å². The Bertz CT molecular complexity index is 1280. The molecule has 4 nitrogen and oxygen atoms in total. The molecule has 1 atom stereocenters. The molecule has 2 heterocycles. The standard InChI is InChI=1S/C30H30F4N2O2/c31-24-12-8-21(9-13-24)27(36-16-4-1-5-17-36)26-25(20-6-10-22(11-7-20)30(32,33)34)18-23(19-35-26)29(28(37)38)14-2-3-15-29/h6-13,18-19,27H,1-5,14-17H2,(H,37,38). The fourth-order valence-electron chi connectivity index (χ4n) is 5.99. The summed E-state index contributed by atoms with van der Waals surface area (Å²) in [7, 11) is 0. The fraction of sp³-hybridized carbons (Fsp3) is 0.400. The first kappa shape index (κ1) is 26.4. The molecular weight excluding hydrogens is 496 g/mol. The van der Waals surface area contributed by atoms with Crippen LogP contribution in [0.3, 0.4) is 0 Å². The van der Waals surface area contributed by atoms with Crippen LogP contribution in [0.2, 0.25) is 0 Å². The zero-order valence-electron chi connectivity index (χ0n) is 21.0. The average molecular weight is 527 g/mol. The number of aromatic nitrogens is 1. The zero-order valence-corrected chi connectivity index (χ0v) is 21.0. The topological polar surface area (TPSA) is 53.4 Å². The summed E-state index contributed by atoms with van der Waals surface area (Å²) < 4.78 is 53.8. The molecule has 1 unspecified atom stereocenters. The van der Waals surface area contributed by atoms with Crippen molar-refractivity contribution in [1.82, 2.24) is 9.88 Å². The van der Waals surface area contributed by atoms with Crippen LogP contribution in [0.15, 0.2) is 60.8 Å². The quantitative estimate of drug-likeness (QED) is 0.341. The van der Waals surface area contributed by atoms with Gasteiger partial charge in [0.25, 0.3) is 0 Å². The minimum Gasteiger partial charge on any atom is -0.481 e. The van der Waals surface area contributed by atoms with Crippen molar-refractivity contribution < 1.29 is 27.5 Å². The summed E-state index contributed by atoms with van der Waals surface area (Å²) in [6.45, 7) is 1.61. The summed E-state index contributed by atoms with van der Waals surface area (Å²) in [5.41, 5.74) is 1.33. The molecule has 3 aromatic rings. The molecule has 1 aliphatic heterocycles. The SMILES string of the molecule is O=C(O)C1(c2cnc(C(c3ccc(F)cc3)N3CCCCC3)c(-c3ccc(C(F)(F)F)cc3)c2)CCCC1. The summed E-state index contributed by atoms with van der Waals surface area (Å²) >= 11 is 0. The number of alkyl halides is 3. The monoisotopic (exact) mass is 526 g/mol. The Kier molecular flexibility index (Phi) is 7.27. The highest BCUT2D eigenvalue weighted by Crippen LogP contribution is 2.44. The maximum absolute atomic E-state index is 13.8. The highest BCUT2D eigenvalue weighted by atomic mass is 19.4. The summed E-state index contributed by atoms with van der Waals surface area (Å²) in [5.74, 6) is -1.27. The van der Waals surface area contributed by atoms with Gasteiger partial charge in [-0.15, -0.1) is 0 Å². The van der Waals surface area contributed by atoms with Crippen molar-refractivity contribution in [2.24, 2.45) is 0 Å². The molecule has 1 aliphatic carbocycles. The van der Waals surface area contributed by atoms with Crippen LogP contribution in [0.1, 0.15) is 73.4 Å². The molecule has 1 saturated carbocycles. The molecule has 0 spiro atoms. The van der Waals surface area contributed by atoms with Crippen molar-refractivity contribution in [2.45, 2.75) is 62.6 Å². The number of carboxylic acids is 1. The van der Waals surface area contributed by atoms with Crippen molar-refractivity contribution in [2.75, 3.05) is 13.1 Å². The number of nitrogens with zero attached hydrogens (tertiary/aromatic N) is 2. The summed E-state index contributed by atoms with van der Waals surface area (Å²) in [6, 6.07) is 12.6. The van der Waals surface area contributed by atoms with Crippen molar-refractivity contribution in [3.05, 3.63) is 89.0 Å². The van der Waals surface area contributed by atoms with Crippen molar-refractivity contribution >= 4 is 5.97 Å². The second-order valence-electron chi connectivity index (χ2n) is 10.4. The van der Waals surface area contributed by atoms with E-state index in [2.05, 4.69) is 4.90 Å². The minimum absolute atomic E-state index is 0.355. The second kappa shape index (κ2) is 10.5. The molecule has 0 radical (unpaired) electrons. The van der Waals surface area contributed by atoms with E-state index in [9.17, 15) is 27.5 Å².